The third-order valence-electron chi connectivity index (χ3n) is 4.73. The monoisotopic (exact) mass is 378 g/mol. The van der Waals surface area contributed by atoms with Crippen LogP contribution in [0, 0.1) is 0 Å². The summed E-state index contributed by atoms with van der Waals surface area (Å²) < 4.78 is 12.0. The van der Waals surface area contributed by atoms with Gasteiger partial charge in [0.2, 0.25) is 0 Å². The van der Waals surface area contributed by atoms with Gasteiger partial charge in [-0.05, 0) is 42.0 Å². The predicted octanol–water partition coefficient (Wildman–Crippen LogP) is 2.12. The molecule has 3 aromatic rings. The average molecular weight is 378 g/mol. The van der Waals surface area contributed by atoms with Gasteiger partial charge in [-0.3, -0.25) is 9.69 Å². The van der Waals surface area contributed by atoms with Gasteiger partial charge in [-0.15, -0.1) is 0 Å². The molecule has 1 aromatic heterocycles. The molecule has 7 heteroatoms. The molecule has 0 amide bonds. The molecule has 0 radical (unpaired) electrons. The van der Waals surface area contributed by atoms with Crippen molar-refractivity contribution in [1.29, 1.82) is 0 Å². The lowest BCUT2D eigenvalue weighted by atomic mass is 10.2. The van der Waals surface area contributed by atoms with Gasteiger partial charge in [0.15, 0.2) is 0 Å². The number of benzene rings is 2. The summed E-state index contributed by atoms with van der Waals surface area (Å²) >= 11 is 0. The second-order valence-corrected chi connectivity index (χ2v) is 6.57. The number of nitrogens with zero attached hydrogens (tertiary/aromatic N) is 4. The van der Waals surface area contributed by atoms with E-state index < -0.39 is 0 Å². The van der Waals surface area contributed by atoms with Gasteiger partial charge in [-0.2, -0.15) is 9.78 Å². The lowest BCUT2D eigenvalue weighted by Crippen LogP contribution is -2.37. The number of morpholine rings is 1. The SMILES string of the molecule is COc1ccc(/C=N/n2c(CN3CCOCC3)nc3ccccc3c2=O)cc1. The van der Waals surface area contributed by atoms with Crippen molar-refractivity contribution in [2.24, 2.45) is 5.10 Å². The second-order valence-electron chi connectivity index (χ2n) is 6.57. The minimum Gasteiger partial charge on any atom is -0.497 e. The molecule has 0 atom stereocenters. The largest absolute Gasteiger partial charge is 0.497 e. The molecule has 0 unspecified atom stereocenters. The number of aromatic nitrogens is 2. The summed E-state index contributed by atoms with van der Waals surface area (Å²) in [5.74, 6) is 1.39. The number of hydrogen-bond acceptors (Lipinski definition) is 6. The zero-order chi connectivity index (χ0) is 19.3. The van der Waals surface area contributed by atoms with Crippen LogP contribution >= 0.6 is 0 Å². The molecule has 28 heavy (non-hydrogen) atoms. The third kappa shape index (κ3) is 3.95. The number of fused-ring (bicyclic) bond motifs is 1. The van der Waals surface area contributed by atoms with Crippen molar-refractivity contribution < 1.29 is 9.47 Å². The van der Waals surface area contributed by atoms with Crippen LogP contribution in [0.2, 0.25) is 0 Å². The number of para-hydroxylation sites is 1. The van der Waals surface area contributed by atoms with Crippen molar-refractivity contribution in [3.8, 4) is 5.75 Å². The fourth-order valence-corrected chi connectivity index (χ4v) is 3.16. The number of rotatable bonds is 5. The molecule has 0 aliphatic carbocycles. The van der Waals surface area contributed by atoms with Gasteiger partial charge in [-0.25, -0.2) is 4.98 Å². The summed E-state index contributed by atoms with van der Waals surface area (Å²) in [5.41, 5.74) is 1.39. The summed E-state index contributed by atoms with van der Waals surface area (Å²) in [7, 11) is 1.63. The van der Waals surface area contributed by atoms with Gasteiger partial charge >= 0.3 is 0 Å². The summed E-state index contributed by atoms with van der Waals surface area (Å²) in [6, 6.07) is 14.9. The van der Waals surface area contributed by atoms with Crippen LogP contribution < -0.4 is 10.3 Å². The van der Waals surface area contributed by atoms with E-state index in [9.17, 15) is 4.79 Å². The lowest BCUT2D eigenvalue weighted by Gasteiger charge is -2.26. The molecule has 1 saturated heterocycles. The Labute approximate surface area is 162 Å². The number of hydrogen-bond donors (Lipinski definition) is 0. The normalized spacial score (nSPS) is 15.3. The zero-order valence-electron chi connectivity index (χ0n) is 15.7. The first kappa shape index (κ1) is 18.3. The first-order valence-electron chi connectivity index (χ1n) is 9.24. The zero-order valence-corrected chi connectivity index (χ0v) is 15.7. The fraction of sp³-hybridized carbons (Fsp3) is 0.286. The molecule has 1 aliphatic heterocycles. The van der Waals surface area contributed by atoms with Crippen molar-refractivity contribution in [3.63, 3.8) is 0 Å². The highest BCUT2D eigenvalue weighted by Crippen LogP contribution is 2.12. The molecule has 0 N–H and O–H groups in total. The lowest BCUT2D eigenvalue weighted by molar-refractivity contribution is 0.0325. The molecule has 0 saturated carbocycles. The van der Waals surface area contributed by atoms with Gasteiger partial charge in [0.25, 0.3) is 5.56 Å². The molecule has 0 bridgehead atoms. The molecule has 1 fully saturated rings. The van der Waals surface area contributed by atoms with E-state index in [1.165, 1.54) is 4.68 Å². The summed E-state index contributed by atoms with van der Waals surface area (Å²) in [6.07, 6.45) is 1.67. The highest BCUT2D eigenvalue weighted by atomic mass is 16.5. The predicted molar refractivity (Wildman–Crippen MR) is 108 cm³/mol. The maximum atomic E-state index is 13.1. The van der Waals surface area contributed by atoms with E-state index in [4.69, 9.17) is 14.5 Å². The summed E-state index contributed by atoms with van der Waals surface area (Å²) in [4.78, 5) is 20.0. The van der Waals surface area contributed by atoms with Gasteiger partial charge in [0.05, 0.1) is 44.0 Å². The van der Waals surface area contributed by atoms with E-state index in [2.05, 4.69) is 10.0 Å². The topological polar surface area (TPSA) is 68.9 Å². The molecule has 1 aliphatic rings. The third-order valence-corrected chi connectivity index (χ3v) is 4.73. The van der Waals surface area contributed by atoms with Crippen molar-refractivity contribution in [3.05, 3.63) is 70.3 Å². The summed E-state index contributed by atoms with van der Waals surface area (Å²) in [5, 5.41) is 5.02. The Bertz CT molecular complexity index is 1040. The molecule has 2 aromatic carbocycles. The van der Waals surface area contributed by atoms with Crippen LogP contribution in [-0.4, -0.2) is 54.2 Å². The summed E-state index contributed by atoms with van der Waals surface area (Å²) in [6.45, 7) is 3.54. The Morgan fingerprint density at radius 1 is 1.14 bits per heavy atom. The Balaban J connectivity index is 1.72. The van der Waals surface area contributed by atoms with Crippen LogP contribution in [0.3, 0.4) is 0 Å². The minimum atomic E-state index is -0.168. The Morgan fingerprint density at radius 3 is 2.64 bits per heavy atom. The Kier molecular flexibility index (Phi) is 5.45. The minimum absolute atomic E-state index is 0.168. The molecular weight excluding hydrogens is 356 g/mol. The van der Waals surface area contributed by atoms with Crippen molar-refractivity contribution in [2.45, 2.75) is 6.54 Å². The van der Waals surface area contributed by atoms with Gasteiger partial charge in [0.1, 0.15) is 11.6 Å². The van der Waals surface area contributed by atoms with Crippen LogP contribution in [0.4, 0.5) is 0 Å². The number of ether oxygens (including phenoxy) is 2. The highest BCUT2D eigenvalue weighted by Gasteiger charge is 2.16. The standard InChI is InChI=1S/C21H22N4O3/c1-27-17-8-6-16(7-9-17)14-22-25-20(15-24-10-12-28-13-11-24)23-19-5-3-2-4-18(19)21(25)26/h2-9,14H,10-13,15H2,1H3/b22-14+. The van der Waals surface area contributed by atoms with E-state index in [0.29, 0.717) is 36.5 Å². The average Bonchev–Trinajstić information content (AvgIpc) is 2.75. The highest BCUT2D eigenvalue weighted by molar-refractivity contribution is 5.80. The van der Waals surface area contributed by atoms with Crippen LogP contribution in [0.1, 0.15) is 11.4 Å². The molecule has 0 spiro atoms. The Hall–Kier alpha value is -3.03. The van der Waals surface area contributed by atoms with Crippen molar-refractivity contribution in [2.75, 3.05) is 33.4 Å². The quantitative estimate of drug-likeness (QED) is 0.636. The second kappa shape index (κ2) is 8.33. The first-order valence-corrected chi connectivity index (χ1v) is 9.24. The van der Waals surface area contributed by atoms with E-state index in [1.807, 2.05) is 42.5 Å². The van der Waals surface area contributed by atoms with Crippen molar-refractivity contribution >= 4 is 17.1 Å². The van der Waals surface area contributed by atoms with Crippen LogP contribution in [0.15, 0.2) is 58.4 Å². The van der Waals surface area contributed by atoms with Crippen LogP contribution in [-0.2, 0) is 11.3 Å². The molecular formula is C21H22N4O3. The maximum absolute atomic E-state index is 13.1. The van der Waals surface area contributed by atoms with E-state index >= 15 is 0 Å². The van der Waals surface area contributed by atoms with Gasteiger partial charge < -0.3 is 9.47 Å². The van der Waals surface area contributed by atoms with Crippen LogP contribution in [0.25, 0.3) is 10.9 Å². The number of methoxy groups -OCH3 is 1. The van der Waals surface area contributed by atoms with Crippen molar-refractivity contribution in [1.82, 2.24) is 14.6 Å². The van der Waals surface area contributed by atoms with E-state index in [-0.39, 0.29) is 5.56 Å². The smallest absolute Gasteiger partial charge is 0.282 e. The van der Waals surface area contributed by atoms with Gasteiger partial charge in [-0.1, -0.05) is 12.1 Å². The fourth-order valence-electron chi connectivity index (χ4n) is 3.16. The molecule has 2 heterocycles. The van der Waals surface area contributed by atoms with E-state index in [1.54, 1.807) is 19.4 Å². The molecule has 144 valence electrons. The molecule has 7 nitrogen and oxygen atoms in total. The molecule has 4 rings (SSSR count). The first-order chi connectivity index (χ1) is 13.7. The van der Waals surface area contributed by atoms with Gasteiger partial charge in [0, 0.05) is 13.1 Å². The van der Waals surface area contributed by atoms with Crippen LogP contribution in [0.5, 0.6) is 5.75 Å². The Morgan fingerprint density at radius 2 is 1.89 bits per heavy atom. The van der Waals surface area contributed by atoms with E-state index in [0.717, 1.165) is 24.4 Å². The maximum Gasteiger partial charge on any atom is 0.282 e.